The van der Waals surface area contributed by atoms with Crippen LogP contribution in [0.5, 0.6) is 0 Å². The molecule has 2 rings (SSSR count). The molecule has 0 saturated heterocycles. The van der Waals surface area contributed by atoms with Gasteiger partial charge < -0.3 is 10.4 Å². The number of aliphatic hydroxyl groups is 1. The number of hydrogen-bond acceptors (Lipinski definition) is 3. The molecule has 3 nitrogen and oxygen atoms in total. The second-order valence-corrected chi connectivity index (χ2v) is 5.19. The number of hydrogen-bond donors (Lipinski definition) is 2. The highest BCUT2D eigenvalue weighted by Crippen LogP contribution is 2.27. The number of pyridine rings is 1. The predicted octanol–water partition coefficient (Wildman–Crippen LogP) is 2.44. The molecule has 18 heavy (non-hydrogen) atoms. The summed E-state index contributed by atoms with van der Waals surface area (Å²) in [6.45, 7) is 6.50. The quantitative estimate of drug-likeness (QED) is 0.868. The molecule has 2 aromatic rings. The molecule has 0 radical (unpaired) electrons. The Labute approximate surface area is 108 Å². The molecule has 1 unspecified atom stereocenters. The maximum absolute atomic E-state index is 10.6. The molecule has 96 valence electrons. The van der Waals surface area contributed by atoms with E-state index in [0.717, 1.165) is 16.5 Å². The third kappa shape index (κ3) is 2.68. The number of rotatable bonds is 4. The lowest BCUT2D eigenvalue weighted by atomic mass is 9.92. The first kappa shape index (κ1) is 13.0. The molecule has 0 aliphatic heterocycles. The van der Waals surface area contributed by atoms with Crippen LogP contribution in [0.3, 0.4) is 0 Å². The lowest BCUT2D eigenvalue weighted by molar-refractivity contribution is 0.0564. The zero-order valence-corrected chi connectivity index (χ0v) is 11.1. The Balaban J connectivity index is 2.40. The molecule has 0 amide bonds. The number of aromatic nitrogens is 1. The van der Waals surface area contributed by atoms with Crippen molar-refractivity contribution in [2.24, 2.45) is 0 Å². The lowest BCUT2D eigenvalue weighted by Gasteiger charge is -2.26. The molecule has 3 heteroatoms. The molecule has 1 aromatic heterocycles. The van der Waals surface area contributed by atoms with Crippen LogP contribution in [0.1, 0.15) is 26.3 Å². The van der Waals surface area contributed by atoms with Crippen LogP contribution in [-0.4, -0.2) is 22.7 Å². The van der Waals surface area contributed by atoms with E-state index in [2.05, 4.69) is 24.1 Å². The zero-order valence-electron chi connectivity index (χ0n) is 11.1. The summed E-state index contributed by atoms with van der Waals surface area (Å²) in [6, 6.07) is 10.1. The first-order valence-electron chi connectivity index (χ1n) is 6.31. The van der Waals surface area contributed by atoms with Gasteiger partial charge >= 0.3 is 0 Å². The Morgan fingerprint density at radius 3 is 2.78 bits per heavy atom. The molecular formula is C15H20N2O. The van der Waals surface area contributed by atoms with Crippen molar-refractivity contribution in [3.8, 4) is 0 Å². The summed E-state index contributed by atoms with van der Waals surface area (Å²) in [5, 5.41) is 14.9. The van der Waals surface area contributed by atoms with Gasteiger partial charge in [-0.25, -0.2) is 0 Å². The average Bonchev–Trinajstić information content (AvgIpc) is 2.36. The molecule has 0 fully saturated rings. The van der Waals surface area contributed by atoms with Crippen molar-refractivity contribution in [3.05, 3.63) is 42.1 Å². The van der Waals surface area contributed by atoms with E-state index in [9.17, 15) is 5.11 Å². The van der Waals surface area contributed by atoms with Crippen molar-refractivity contribution in [2.75, 3.05) is 6.54 Å². The van der Waals surface area contributed by atoms with Crippen molar-refractivity contribution in [2.45, 2.75) is 32.4 Å². The molecule has 0 spiro atoms. The molecule has 1 heterocycles. The van der Waals surface area contributed by atoms with Gasteiger partial charge in [0.25, 0.3) is 0 Å². The van der Waals surface area contributed by atoms with Crippen LogP contribution in [0, 0.1) is 0 Å². The van der Waals surface area contributed by atoms with Gasteiger partial charge in [-0.3, -0.25) is 4.98 Å². The summed E-state index contributed by atoms with van der Waals surface area (Å²) in [4.78, 5) is 4.32. The zero-order chi connectivity index (χ0) is 13.2. The van der Waals surface area contributed by atoms with E-state index < -0.39 is 5.60 Å². The van der Waals surface area contributed by atoms with Crippen LogP contribution in [0.4, 0.5) is 0 Å². The van der Waals surface area contributed by atoms with Crippen LogP contribution >= 0.6 is 0 Å². The van der Waals surface area contributed by atoms with E-state index in [-0.39, 0.29) is 0 Å². The largest absolute Gasteiger partial charge is 0.384 e. The Kier molecular flexibility index (Phi) is 3.64. The highest BCUT2D eigenvalue weighted by molar-refractivity contribution is 5.82. The maximum Gasteiger partial charge on any atom is 0.0998 e. The molecular weight excluding hydrogens is 224 g/mol. The standard InChI is InChI=1S/C15H20N2O/c1-11(2)17-10-15(3,18)13-7-4-8-14-12(13)6-5-9-16-14/h4-9,11,17-18H,10H2,1-3H3. The Morgan fingerprint density at radius 2 is 2.06 bits per heavy atom. The van der Waals surface area contributed by atoms with Gasteiger partial charge in [-0.05, 0) is 24.6 Å². The van der Waals surface area contributed by atoms with Gasteiger partial charge in [0.2, 0.25) is 0 Å². The maximum atomic E-state index is 10.6. The molecule has 0 aliphatic carbocycles. The van der Waals surface area contributed by atoms with E-state index in [1.165, 1.54) is 0 Å². The molecule has 1 atom stereocenters. The van der Waals surface area contributed by atoms with E-state index in [1.54, 1.807) is 6.20 Å². The fourth-order valence-electron chi connectivity index (χ4n) is 2.07. The minimum absolute atomic E-state index is 0.351. The smallest absolute Gasteiger partial charge is 0.0998 e. The van der Waals surface area contributed by atoms with Crippen LogP contribution in [0.15, 0.2) is 36.5 Å². The van der Waals surface area contributed by atoms with Crippen molar-refractivity contribution < 1.29 is 5.11 Å². The minimum Gasteiger partial charge on any atom is -0.384 e. The second kappa shape index (κ2) is 5.04. The van der Waals surface area contributed by atoms with Crippen molar-refractivity contribution in [1.29, 1.82) is 0 Å². The SMILES string of the molecule is CC(C)NCC(C)(O)c1cccc2ncccc12. The van der Waals surface area contributed by atoms with Gasteiger partial charge in [-0.15, -0.1) is 0 Å². The first-order valence-corrected chi connectivity index (χ1v) is 6.31. The fourth-order valence-corrected chi connectivity index (χ4v) is 2.07. The lowest BCUT2D eigenvalue weighted by Crippen LogP contribution is -2.38. The highest BCUT2D eigenvalue weighted by atomic mass is 16.3. The third-order valence-electron chi connectivity index (χ3n) is 3.08. The summed E-state index contributed by atoms with van der Waals surface area (Å²) in [7, 11) is 0. The van der Waals surface area contributed by atoms with Crippen LogP contribution < -0.4 is 5.32 Å². The summed E-state index contributed by atoms with van der Waals surface area (Å²) >= 11 is 0. The van der Waals surface area contributed by atoms with E-state index in [0.29, 0.717) is 12.6 Å². The van der Waals surface area contributed by atoms with Crippen molar-refractivity contribution in [1.82, 2.24) is 10.3 Å². The normalized spacial score (nSPS) is 14.9. The number of fused-ring (bicyclic) bond motifs is 1. The Morgan fingerprint density at radius 1 is 1.28 bits per heavy atom. The van der Waals surface area contributed by atoms with Crippen molar-refractivity contribution in [3.63, 3.8) is 0 Å². The monoisotopic (exact) mass is 244 g/mol. The second-order valence-electron chi connectivity index (χ2n) is 5.19. The first-order chi connectivity index (χ1) is 8.50. The number of benzene rings is 1. The summed E-state index contributed by atoms with van der Waals surface area (Å²) in [5.41, 5.74) is 0.938. The van der Waals surface area contributed by atoms with Gasteiger partial charge in [-0.2, -0.15) is 0 Å². The van der Waals surface area contributed by atoms with Crippen LogP contribution in [0.25, 0.3) is 10.9 Å². The van der Waals surface area contributed by atoms with Crippen LogP contribution in [0.2, 0.25) is 0 Å². The number of nitrogens with one attached hydrogen (secondary N) is 1. The van der Waals surface area contributed by atoms with Gasteiger partial charge in [0, 0.05) is 24.2 Å². The summed E-state index contributed by atoms with van der Waals surface area (Å²) in [6.07, 6.45) is 1.77. The fraction of sp³-hybridized carbons (Fsp3) is 0.400. The average molecular weight is 244 g/mol. The van der Waals surface area contributed by atoms with Gasteiger partial charge in [0.05, 0.1) is 11.1 Å². The Bertz CT molecular complexity index is 530. The topological polar surface area (TPSA) is 45.1 Å². The molecule has 0 bridgehead atoms. The van der Waals surface area contributed by atoms with E-state index in [1.807, 2.05) is 37.3 Å². The summed E-state index contributed by atoms with van der Waals surface area (Å²) in [5.74, 6) is 0. The minimum atomic E-state index is -0.896. The van der Waals surface area contributed by atoms with Gasteiger partial charge in [0.1, 0.15) is 0 Å². The van der Waals surface area contributed by atoms with Crippen LogP contribution in [-0.2, 0) is 5.60 Å². The molecule has 2 N–H and O–H groups in total. The summed E-state index contributed by atoms with van der Waals surface area (Å²) < 4.78 is 0. The van der Waals surface area contributed by atoms with Gasteiger partial charge in [0.15, 0.2) is 0 Å². The third-order valence-corrected chi connectivity index (χ3v) is 3.08. The predicted molar refractivity (Wildman–Crippen MR) is 74.5 cm³/mol. The number of nitrogens with zero attached hydrogens (tertiary/aromatic N) is 1. The van der Waals surface area contributed by atoms with Gasteiger partial charge in [-0.1, -0.05) is 32.0 Å². The van der Waals surface area contributed by atoms with E-state index in [4.69, 9.17) is 0 Å². The van der Waals surface area contributed by atoms with Crippen molar-refractivity contribution >= 4 is 10.9 Å². The molecule has 0 aliphatic rings. The molecule has 1 aromatic carbocycles. The highest BCUT2D eigenvalue weighted by Gasteiger charge is 2.25. The molecule has 0 saturated carbocycles. The van der Waals surface area contributed by atoms with E-state index >= 15 is 0 Å². The Hall–Kier alpha value is -1.45.